The maximum Gasteiger partial charge on any atom is 0.222 e. The molecule has 1 unspecified atom stereocenters. The van der Waals surface area contributed by atoms with E-state index in [0.717, 1.165) is 16.7 Å². The minimum Gasteiger partial charge on any atom is -0.368 e. The van der Waals surface area contributed by atoms with Crippen LogP contribution in [0.3, 0.4) is 0 Å². The van der Waals surface area contributed by atoms with Gasteiger partial charge in [0.15, 0.2) is 0 Å². The summed E-state index contributed by atoms with van der Waals surface area (Å²) in [5, 5.41) is 12.5. The monoisotopic (exact) mass is 307 g/mol. The number of anilines is 2. The lowest BCUT2D eigenvalue weighted by atomic mass is 10.1. The first-order valence-corrected chi connectivity index (χ1v) is 7.22. The van der Waals surface area contributed by atoms with Gasteiger partial charge in [0.05, 0.1) is 28.5 Å². The number of hydrogen-bond donors (Lipinski definition) is 2. The van der Waals surface area contributed by atoms with Crippen molar-refractivity contribution in [3.8, 4) is 6.07 Å². The molecule has 3 aromatic rings. The molecular formula is C16H17N7. The fraction of sp³-hybridized carbons (Fsp3) is 0.250. The van der Waals surface area contributed by atoms with Crippen LogP contribution in [0, 0.1) is 18.3 Å². The molecule has 23 heavy (non-hydrogen) atoms. The van der Waals surface area contributed by atoms with E-state index >= 15 is 0 Å². The summed E-state index contributed by atoms with van der Waals surface area (Å²) in [5.41, 5.74) is 9.50. The number of nitriles is 1. The Morgan fingerprint density at radius 2 is 2.04 bits per heavy atom. The summed E-state index contributed by atoms with van der Waals surface area (Å²) in [6.07, 6.45) is 1.97. The molecule has 0 amide bonds. The van der Waals surface area contributed by atoms with E-state index in [4.69, 9.17) is 5.73 Å². The average Bonchev–Trinajstić information content (AvgIpc) is 2.88. The second kappa shape index (κ2) is 5.57. The van der Waals surface area contributed by atoms with Gasteiger partial charge in [-0.2, -0.15) is 10.2 Å². The molecule has 0 fully saturated rings. The van der Waals surface area contributed by atoms with Crippen molar-refractivity contribution >= 4 is 22.8 Å². The van der Waals surface area contributed by atoms with E-state index in [9.17, 15) is 5.26 Å². The predicted octanol–water partition coefficient (Wildman–Crippen LogP) is 2.30. The quantitative estimate of drug-likeness (QED) is 0.769. The number of fused-ring (bicyclic) bond motifs is 1. The van der Waals surface area contributed by atoms with Gasteiger partial charge in [0.25, 0.3) is 0 Å². The van der Waals surface area contributed by atoms with Crippen LogP contribution >= 0.6 is 0 Å². The second-order valence-electron chi connectivity index (χ2n) is 5.44. The van der Waals surface area contributed by atoms with Crippen molar-refractivity contribution < 1.29 is 0 Å². The van der Waals surface area contributed by atoms with Crippen LogP contribution in [0.1, 0.15) is 29.9 Å². The highest BCUT2D eigenvalue weighted by molar-refractivity contribution is 5.75. The molecule has 0 saturated heterocycles. The van der Waals surface area contributed by atoms with Crippen LogP contribution in [0.5, 0.6) is 0 Å². The van der Waals surface area contributed by atoms with Gasteiger partial charge >= 0.3 is 0 Å². The number of aromatic nitrogens is 4. The summed E-state index contributed by atoms with van der Waals surface area (Å²) in [4.78, 5) is 12.8. The van der Waals surface area contributed by atoms with E-state index in [2.05, 4.69) is 26.3 Å². The van der Waals surface area contributed by atoms with Crippen LogP contribution < -0.4 is 11.1 Å². The van der Waals surface area contributed by atoms with Crippen molar-refractivity contribution in [2.45, 2.75) is 19.9 Å². The number of rotatable bonds is 3. The summed E-state index contributed by atoms with van der Waals surface area (Å²) in [6.45, 7) is 3.70. The van der Waals surface area contributed by atoms with Crippen LogP contribution in [-0.4, -0.2) is 19.5 Å². The number of nitrogens with zero attached hydrogens (tertiary/aromatic N) is 5. The van der Waals surface area contributed by atoms with Crippen LogP contribution in [0.15, 0.2) is 24.4 Å². The lowest BCUT2D eigenvalue weighted by Crippen LogP contribution is -2.13. The zero-order valence-electron chi connectivity index (χ0n) is 13.2. The van der Waals surface area contributed by atoms with Crippen LogP contribution in [-0.2, 0) is 7.05 Å². The lowest BCUT2D eigenvalue weighted by Gasteiger charge is -2.16. The molecule has 0 radical (unpaired) electrons. The molecule has 0 spiro atoms. The largest absolute Gasteiger partial charge is 0.368 e. The highest BCUT2D eigenvalue weighted by Crippen LogP contribution is 2.23. The summed E-state index contributed by atoms with van der Waals surface area (Å²) in [7, 11) is 1.98. The Morgan fingerprint density at radius 3 is 2.78 bits per heavy atom. The Balaban J connectivity index is 1.94. The Bertz CT molecular complexity index is 920. The molecule has 0 aromatic carbocycles. The van der Waals surface area contributed by atoms with E-state index in [-0.39, 0.29) is 12.0 Å². The molecule has 3 aromatic heterocycles. The van der Waals surface area contributed by atoms with Gasteiger partial charge in [-0.25, -0.2) is 9.97 Å². The number of nitrogen functional groups attached to an aromatic ring is 1. The summed E-state index contributed by atoms with van der Waals surface area (Å²) >= 11 is 0. The molecule has 1 atom stereocenters. The zero-order chi connectivity index (χ0) is 16.6. The first kappa shape index (κ1) is 14.8. The van der Waals surface area contributed by atoms with Gasteiger partial charge in [0.2, 0.25) is 5.95 Å². The van der Waals surface area contributed by atoms with Crippen molar-refractivity contribution in [2.24, 2.45) is 7.05 Å². The number of aryl methyl sites for hydroxylation is 2. The highest BCUT2D eigenvalue weighted by atomic mass is 15.1. The van der Waals surface area contributed by atoms with E-state index in [1.807, 2.05) is 42.9 Å². The van der Waals surface area contributed by atoms with E-state index < -0.39 is 0 Å². The van der Waals surface area contributed by atoms with Gasteiger partial charge < -0.3 is 15.6 Å². The molecular weight excluding hydrogens is 290 g/mol. The summed E-state index contributed by atoms with van der Waals surface area (Å²) in [6, 6.07) is 7.95. The van der Waals surface area contributed by atoms with Crippen LogP contribution in [0.4, 0.5) is 11.8 Å². The summed E-state index contributed by atoms with van der Waals surface area (Å²) in [5.74, 6) is 0.572. The van der Waals surface area contributed by atoms with Crippen molar-refractivity contribution in [1.29, 1.82) is 5.26 Å². The molecule has 116 valence electrons. The first-order valence-electron chi connectivity index (χ1n) is 7.22. The Hall–Kier alpha value is -3.14. The third-order valence-electron chi connectivity index (χ3n) is 3.78. The third-order valence-corrected chi connectivity index (χ3v) is 3.78. The predicted molar refractivity (Wildman–Crippen MR) is 88.6 cm³/mol. The number of nitrogens with two attached hydrogens (primary N) is 1. The summed E-state index contributed by atoms with van der Waals surface area (Å²) < 4.78 is 2.02. The van der Waals surface area contributed by atoms with Gasteiger partial charge in [-0.15, -0.1) is 0 Å². The van der Waals surface area contributed by atoms with E-state index in [1.54, 1.807) is 6.92 Å². The number of pyridine rings is 1. The maximum absolute atomic E-state index is 9.29. The normalized spacial score (nSPS) is 12.1. The van der Waals surface area contributed by atoms with Gasteiger partial charge in [0.1, 0.15) is 17.5 Å². The molecule has 0 saturated carbocycles. The average molecular weight is 307 g/mol. The van der Waals surface area contributed by atoms with E-state index in [0.29, 0.717) is 17.1 Å². The van der Waals surface area contributed by atoms with Crippen molar-refractivity contribution in [3.63, 3.8) is 0 Å². The van der Waals surface area contributed by atoms with Gasteiger partial charge in [0, 0.05) is 13.2 Å². The van der Waals surface area contributed by atoms with Crippen LogP contribution in [0.25, 0.3) is 11.0 Å². The van der Waals surface area contributed by atoms with Gasteiger partial charge in [-0.1, -0.05) is 0 Å². The fourth-order valence-electron chi connectivity index (χ4n) is 2.52. The minimum atomic E-state index is -0.125. The van der Waals surface area contributed by atoms with Crippen LogP contribution in [0.2, 0.25) is 0 Å². The fourth-order valence-corrected chi connectivity index (χ4v) is 2.52. The topological polar surface area (TPSA) is 105 Å². The SMILES string of the molecule is Cc1nc(N)nc(NC(C)c2ccc3c(ccn3C)n2)c1C#N. The molecule has 7 heteroatoms. The Morgan fingerprint density at radius 1 is 1.26 bits per heavy atom. The maximum atomic E-state index is 9.29. The second-order valence-corrected chi connectivity index (χ2v) is 5.44. The molecule has 0 bridgehead atoms. The molecule has 3 rings (SSSR count). The third kappa shape index (κ3) is 2.66. The first-order chi connectivity index (χ1) is 11.0. The number of hydrogen-bond acceptors (Lipinski definition) is 6. The Labute approximate surface area is 133 Å². The standard InChI is InChI=1S/C16H17N7/c1-9-11(8-17)15(22-16(18)20-9)19-10(2)12-4-5-14-13(21-12)6-7-23(14)3/h4-7,10H,1-3H3,(H3,18,19,20,22). The molecule has 7 nitrogen and oxygen atoms in total. The molecule has 0 aliphatic carbocycles. The molecule has 0 aliphatic rings. The van der Waals surface area contributed by atoms with Crippen molar-refractivity contribution in [3.05, 3.63) is 41.3 Å². The van der Waals surface area contributed by atoms with E-state index in [1.165, 1.54) is 0 Å². The molecule has 3 N–H and O–H groups in total. The van der Waals surface area contributed by atoms with Gasteiger partial charge in [-0.3, -0.25) is 0 Å². The lowest BCUT2D eigenvalue weighted by molar-refractivity contribution is 0.835. The number of nitrogens with one attached hydrogen (secondary N) is 1. The van der Waals surface area contributed by atoms with Crippen molar-refractivity contribution in [1.82, 2.24) is 19.5 Å². The van der Waals surface area contributed by atoms with Gasteiger partial charge in [-0.05, 0) is 32.0 Å². The molecule has 0 aliphatic heterocycles. The molecule has 3 heterocycles. The minimum absolute atomic E-state index is 0.125. The van der Waals surface area contributed by atoms with Crippen molar-refractivity contribution in [2.75, 3.05) is 11.1 Å². The Kier molecular flexibility index (Phi) is 3.58. The smallest absolute Gasteiger partial charge is 0.222 e. The zero-order valence-corrected chi connectivity index (χ0v) is 13.2. The highest BCUT2D eigenvalue weighted by Gasteiger charge is 2.15.